The monoisotopic (exact) mass is 411 g/mol. The lowest BCUT2D eigenvalue weighted by Crippen LogP contribution is -2.34. The van der Waals surface area contributed by atoms with Crippen LogP contribution in [0.4, 0.5) is 5.69 Å². The van der Waals surface area contributed by atoms with E-state index in [0.717, 1.165) is 37.0 Å². The number of esters is 1. The van der Waals surface area contributed by atoms with Gasteiger partial charge in [0.05, 0.1) is 13.0 Å². The molecule has 7 nitrogen and oxygen atoms in total. The molecule has 1 aliphatic carbocycles. The fourth-order valence-electron chi connectivity index (χ4n) is 3.67. The van der Waals surface area contributed by atoms with Gasteiger partial charge in [0.1, 0.15) is 5.75 Å². The number of nitrogens with one attached hydrogen (secondary N) is 1. The highest BCUT2D eigenvalue weighted by Gasteiger charge is 2.44. The first kappa shape index (κ1) is 20.1. The van der Waals surface area contributed by atoms with E-state index in [4.69, 9.17) is 18.9 Å². The van der Waals surface area contributed by atoms with E-state index in [1.807, 2.05) is 31.2 Å². The molecule has 1 N–H and O–H groups in total. The van der Waals surface area contributed by atoms with Crippen molar-refractivity contribution >= 4 is 17.6 Å². The quantitative estimate of drug-likeness (QED) is 0.694. The molecule has 1 spiro atoms. The number of aryl methyl sites for hydroxylation is 1. The Morgan fingerprint density at radius 1 is 1.07 bits per heavy atom. The van der Waals surface area contributed by atoms with Crippen LogP contribution in [0.3, 0.4) is 0 Å². The second-order valence-electron chi connectivity index (χ2n) is 7.56. The van der Waals surface area contributed by atoms with E-state index in [-0.39, 0.29) is 19.6 Å². The molecule has 0 bridgehead atoms. The molecule has 4 rings (SSSR count). The first-order valence-electron chi connectivity index (χ1n) is 10.2. The molecular formula is C23H25NO6. The molecule has 158 valence electrons. The zero-order valence-corrected chi connectivity index (χ0v) is 16.9. The third-order valence-electron chi connectivity index (χ3n) is 5.21. The minimum absolute atomic E-state index is 0.0632. The third kappa shape index (κ3) is 4.67. The topological polar surface area (TPSA) is 83.1 Å². The first-order valence-corrected chi connectivity index (χ1v) is 10.2. The molecule has 0 aromatic heterocycles. The zero-order chi connectivity index (χ0) is 21.0. The second-order valence-corrected chi connectivity index (χ2v) is 7.56. The molecule has 2 aliphatic rings. The number of para-hydroxylation sites is 1. The maximum Gasteiger partial charge on any atom is 0.309 e. The van der Waals surface area contributed by atoms with Gasteiger partial charge in [-0.2, -0.15) is 0 Å². The standard InChI is InChI=1S/C23H25NO6/c1-16-6-2-3-7-18(16)27-13-10-22(26)28-15-21(25)24-17-8-9-19-20(14-17)30-23(29-19)11-4-5-12-23/h2-3,6-9,14H,4-5,10-13,15H2,1H3,(H,24,25). The molecule has 1 fully saturated rings. The van der Waals surface area contributed by atoms with Crippen LogP contribution in [0.2, 0.25) is 0 Å². The number of rotatable bonds is 7. The first-order chi connectivity index (χ1) is 14.5. The maximum atomic E-state index is 12.1. The van der Waals surface area contributed by atoms with E-state index in [1.54, 1.807) is 18.2 Å². The summed E-state index contributed by atoms with van der Waals surface area (Å²) in [6, 6.07) is 12.8. The second kappa shape index (κ2) is 8.65. The smallest absolute Gasteiger partial charge is 0.309 e. The van der Waals surface area contributed by atoms with Crippen molar-refractivity contribution in [1.82, 2.24) is 0 Å². The fraction of sp³-hybridized carbons (Fsp3) is 0.391. The van der Waals surface area contributed by atoms with Crippen molar-refractivity contribution in [1.29, 1.82) is 0 Å². The normalized spacial score (nSPS) is 15.8. The molecule has 1 heterocycles. The van der Waals surface area contributed by atoms with E-state index in [1.165, 1.54) is 0 Å². The highest BCUT2D eigenvalue weighted by Crippen LogP contribution is 2.47. The van der Waals surface area contributed by atoms with Gasteiger partial charge in [-0.25, -0.2) is 0 Å². The van der Waals surface area contributed by atoms with Crippen molar-refractivity contribution in [2.75, 3.05) is 18.5 Å². The van der Waals surface area contributed by atoms with Crippen molar-refractivity contribution in [3.63, 3.8) is 0 Å². The van der Waals surface area contributed by atoms with Gasteiger partial charge in [0.25, 0.3) is 11.7 Å². The Bertz CT molecular complexity index is 935. The van der Waals surface area contributed by atoms with Gasteiger partial charge in [0, 0.05) is 24.6 Å². The Morgan fingerprint density at radius 3 is 2.63 bits per heavy atom. The largest absolute Gasteiger partial charge is 0.493 e. The van der Waals surface area contributed by atoms with E-state index in [9.17, 15) is 9.59 Å². The lowest BCUT2D eigenvalue weighted by Gasteiger charge is -2.21. The Kier molecular flexibility index (Phi) is 5.79. The lowest BCUT2D eigenvalue weighted by atomic mass is 10.2. The number of anilines is 1. The Hall–Kier alpha value is -3.22. The summed E-state index contributed by atoms with van der Waals surface area (Å²) in [6.07, 6.45) is 3.96. The van der Waals surface area contributed by atoms with Crippen molar-refractivity contribution in [2.45, 2.75) is 44.8 Å². The Balaban J connectivity index is 1.20. The summed E-state index contributed by atoms with van der Waals surface area (Å²) in [5, 5.41) is 2.71. The van der Waals surface area contributed by atoms with Gasteiger partial charge in [-0.15, -0.1) is 0 Å². The Labute approximate surface area is 175 Å². The maximum absolute atomic E-state index is 12.1. The van der Waals surface area contributed by atoms with Gasteiger partial charge in [-0.1, -0.05) is 18.2 Å². The molecule has 2 aromatic carbocycles. The number of hydrogen-bond acceptors (Lipinski definition) is 6. The Morgan fingerprint density at radius 2 is 1.83 bits per heavy atom. The minimum Gasteiger partial charge on any atom is -0.493 e. The zero-order valence-electron chi connectivity index (χ0n) is 16.9. The van der Waals surface area contributed by atoms with Gasteiger partial charge in [0.15, 0.2) is 18.1 Å². The molecule has 1 saturated carbocycles. The van der Waals surface area contributed by atoms with Gasteiger partial charge >= 0.3 is 5.97 Å². The van der Waals surface area contributed by atoms with Crippen LogP contribution in [0.5, 0.6) is 17.2 Å². The van der Waals surface area contributed by atoms with Crippen LogP contribution < -0.4 is 19.5 Å². The van der Waals surface area contributed by atoms with Gasteiger partial charge in [-0.05, 0) is 43.5 Å². The summed E-state index contributed by atoms with van der Waals surface area (Å²) < 4.78 is 22.5. The van der Waals surface area contributed by atoms with E-state index in [0.29, 0.717) is 17.2 Å². The summed E-state index contributed by atoms with van der Waals surface area (Å²) in [5.74, 6) is 0.589. The molecule has 7 heteroatoms. The van der Waals surface area contributed by atoms with Crippen LogP contribution >= 0.6 is 0 Å². The number of hydrogen-bond donors (Lipinski definition) is 1. The number of ether oxygens (including phenoxy) is 4. The highest BCUT2D eigenvalue weighted by molar-refractivity contribution is 5.93. The molecule has 1 amide bonds. The van der Waals surface area contributed by atoms with Crippen molar-refractivity contribution in [3.8, 4) is 17.2 Å². The predicted octanol–water partition coefficient (Wildman–Crippen LogP) is 3.99. The van der Waals surface area contributed by atoms with Crippen molar-refractivity contribution in [3.05, 3.63) is 48.0 Å². The van der Waals surface area contributed by atoms with Crippen molar-refractivity contribution < 1.29 is 28.5 Å². The van der Waals surface area contributed by atoms with Crippen molar-refractivity contribution in [2.24, 2.45) is 0 Å². The average Bonchev–Trinajstić information content (AvgIpc) is 3.33. The molecule has 2 aromatic rings. The molecule has 0 unspecified atom stereocenters. The average molecular weight is 411 g/mol. The summed E-state index contributed by atoms with van der Waals surface area (Å²) in [7, 11) is 0. The van der Waals surface area contributed by atoms with E-state index in [2.05, 4.69) is 5.32 Å². The highest BCUT2D eigenvalue weighted by atomic mass is 16.7. The molecule has 0 saturated heterocycles. The van der Waals surface area contributed by atoms with Gasteiger partial charge in [0.2, 0.25) is 0 Å². The van der Waals surface area contributed by atoms with E-state index < -0.39 is 17.7 Å². The molecule has 30 heavy (non-hydrogen) atoms. The number of carbonyl (C=O) groups is 2. The molecule has 0 atom stereocenters. The molecule has 1 aliphatic heterocycles. The van der Waals surface area contributed by atoms with Crippen LogP contribution in [0, 0.1) is 6.92 Å². The lowest BCUT2D eigenvalue weighted by molar-refractivity contribution is -0.147. The number of amides is 1. The molecule has 0 radical (unpaired) electrons. The van der Waals surface area contributed by atoms with Gasteiger partial charge in [-0.3, -0.25) is 9.59 Å². The van der Waals surface area contributed by atoms with Crippen LogP contribution in [0.25, 0.3) is 0 Å². The van der Waals surface area contributed by atoms with Crippen LogP contribution in [0.1, 0.15) is 37.7 Å². The predicted molar refractivity (Wildman–Crippen MR) is 110 cm³/mol. The summed E-state index contributed by atoms with van der Waals surface area (Å²) in [5.41, 5.74) is 1.56. The van der Waals surface area contributed by atoms with Gasteiger partial charge < -0.3 is 24.3 Å². The summed E-state index contributed by atoms with van der Waals surface area (Å²) in [6.45, 7) is 1.76. The number of benzene rings is 2. The summed E-state index contributed by atoms with van der Waals surface area (Å²) >= 11 is 0. The fourth-order valence-corrected chi connectivity index (χ4v) is 3.67. The minimum atomic E-state index is -0.541. The van der Waals surface area contributed by atoms with Crippen LogP contribution in [-0.4, -0.2) is 30.9 Å². The third-order valence-corrected chi connectivity index (χ3v) is 5.21. The number of carbonyl (C=O) groups excluding carboxylic acids is 2. The van der Waals surface area contributed by atoms with Crippen LogP contribution in [0.15, 0.2) is 42.5 Å². The van der Waals surface area contributed by atoms with E-state index >= 15 is 0 Å². The SMILES string of the molecule is Cc1ccccc1OCCC(=O)OCC(=O)Nc1ccc2c(c1)OC1(CCCC1)O2. The molecular weight excluding hydrogens is 386 g/mol. The number of fused-ring (bicyclic) bond motifs is 1. The van der Waals surface area contributed by atoms with Crippen LogP contribution in [-0.2, 0) is 14.3 Å². The summed E-state index contributed by atoms with van der Waals surface area (Å²) in [4.78, 5) is 24.0.